The Hall–Kier alpha value is -1.16. The molecule has 1 unspecified atom stereocenters. The van der Waals surface area contributed by atoms with Gasteiger partial charge in [-0.3, -0.25) is 4.79 Å². The number of pyridine rings is 1. The molecule has 1 aromatic heterocycles. The zero-order valence-corrected chi connectivity index (χ0v) is 12.5. The van der Waals surface area contributed by atoms with E-state index in [-0.39, 0.29) is 18.4 Å². The molecule has 1 aromatic rings. The first kappa shape index (κ1) is 15.9. The fraction of sp³-hybridized carbons (Fsp3) is 0.571. The van der Waals surface area contributed by atoms with Crippen LogP contribution in [0.4, 0.5) is 4.39 Å². The topological polar surface area (TPSA) is 33.2 Å². The Kier molecular flexibility index (Phi) is 5.73. The van der Waals surface area contributed by atoms with Crippen molar-refractivity contribution in [3.05, 3.63) is 28.5 Å². The lowest BCUT2D eigenvalue weighted by Gasteiger charge is -2.16. The summed E-state index contributed by atoms with van der Waals surface area (Å²) in [4.78, 5) is 17.6. The van der Waals surface area contributed by atoms with Gasteiger partial charge in [-0.1, -0.05) is 32.4 Å². The minimum Gasteiger partial charge on any atom is -0.335 e. The number of aryl methyl sites for hydroxylation is 1. The van der Waals surface area contributed by atoms with Gasteiger partial charge in [0.2, 0.25) is 0 Å². The van der Waals surface area contributed by atoms with E-state index >= 15 is 0 Å². The van der Waals surface area contributed by atoms with E-state index in [1.165, 1.54) is 11.1 Å². The van der Waals surface area contributed by atoms with Crippen LogP contribution in [0.15, 0.2) is 12.3 Å². The molecule has 1 aliphatic rings. The van der Waals surface area contributed by atoms with Crippen LogP contribution in [0.5, 0.6) is 0 Å². The maximum atomic E-state index is 13.4. The van der Waals surface area contributed by atoms with Gasteiger partial charge in [0.05, 0.1) is 12.1 Å². The van der Waals surface area contributed by atoms with Gasteiger partial charge in [0.1, 0.15) is 11.3 Å². The first-order valence-electron chi connectivity index (χ1n) is 6.54. The molecule has 5 heteroatoms. The van der Waals surface area contributed by atoms with Gasteiger partial charge < -0.3 is 4.90 Å². The average molecular weight is 287 g/mol. The summed E-state index contributed by atoms with van der Waals surface area (Å²) in [6.07, 6.45) is 0.524. The summed E-state index contributed by atoms with van der Waals surface area (Å²) in [6.45, 7) is 8.24. The third-order valence-corrected chi connectivity index (χ3v) is 3.32. The van der Waals surface area contributed by atoms with Crippen LogP contribution in [0.2, 0.25) is 5.15 Å². The number of carbonyl (C=O) groups excluding carboxylic acids is 1. The standard InChI is InChI=1S/C12H14ClFN2O.C2H6/c1-7-3-11(13)15-4-9(7)12(17)16-5-8(2)10(14)6-16;1-2/h3-4,8,10H,5-6H2,1-2H3;1-2H3/t8-,10?;/m1./s1. The van der Waals surface area contributed by atoms with Gasteiger partial charge >= 0.3 is 0 Å². The number of alkyl halides is 1. The maximum Gasteiger partial charge on any atom is 0.255 e. The van der Waals surface area contributed by atoms with E-state index in [4.69, 9.17) is 11.6 Å². The molecule has 2 atom stereocenters. The Balaban J connectivity index is 0.000000861. The van der Waals surface area contributed by atoms with Crippen molar-refractivity contribution in [2.24, 2.45) is 5.92 Å². The van der Waals surface area contributed by atoms with Crippen molar-refractivity contribution >= 4 is 17.5 Å². The predicted octanol–water partition coefficient (Wildman–Crippen LogP) is 3.50. The van der Waals surface area contributed by atoms with Gasteiger partial charge in [0.25, 0.3) is 5.91 Å². The first-order chi connectivity index (χ1) is 8.99. The van der Waals surface area contributed by atoms with E-state index in [9.17, 15) is 9.18 Å². The van der Waals surface area contributed by atoms with Gasteiger partial charge in [0, 0.05) is 18.7 Å². The molecule has 1 saturated heterocycles. The summed E-state index contributed by atoms with van der Waals surface area (Å²) in [5.74, 6) is -0.266. The van der Waals surface area contributed by atoms with Gasteiger partial charge in [-0.15, -0.1) is 0 Å². The molecule has 1 fully saturated rings. The third kappa shape index (κ3) is 3.66. The predicted molar refractivity (Wildman–Crippen MR) is 75.3 cm³/mol. The van der Waals surface area contributed by atoms with Crippen molar-refractivity contribution in [2.75, 3.05) is 13.1 Å². The molecule has 19 heavy (non-hydrogen) atoms. The number of carbonyl (C=O) groups is 1. The molecule has 0 aliphatic carbocycles. The highest BCUT2D eigenvalue weighted by atomic mass is 35.5. The number of likely N-dealkylation sites (tertiary alicyclic amines) is 1. The van der Waals surface area contributed by atoms with E-state index in [1.54, 1.807) is 13.0 Å². The number of nitrogens with zero attached hydrogens (tertiary/aromatic N) is 2. The lowest BCUT2D eigenvalue weighted by atomic mass is 10.1. The summed E-state index contributed by atoms with van der Waals surface area (Å²) >= 11 is 5.73. The van der Waals surface area contributed by atoms with E-state index in [2.05, 4.69) is 4.98 Å². The smallest absolute Gasteiger partial charge is 0.255 e. The number of rotatable bonds is 1. The summed E-state index contributed by atoms with van der Waals surface area (Å²) < 4.78 is 13.4. The second kappa shape index (κ2) is 6.85. The van der Waals surface area contributed by atoms with Crippen LogP contribution in [0.1, 0.15) is 36.7 Å². The second-order valence-electron chi connectivity index (χ2n) is 4.53. The molecular formula is C14H20ClFN2O. The van der Waals surface area contributed by atoms with Gasteiger partial charge in [-0.25, -0.2) is 9.37 Å². The molecule has 2 heterocycles. The minimum atomic E-state index is -0.931. The average Bonchev–Trinajstić information content (AvgIpc) is 2.71. The van der Waals surface area contributed by atoms with Crippen LogP contribution in [0, 0.1) is 12.8 Å². The molecular weight excluding hydrogens is 267 g/mol. The minimum absolute atomic E-state index is 0.0977. The van der Waals surface area contributed by atoms with Crippen LogP contribution >= 0.6 is 11.6 Å². The fourth-order valence-electron chi connectivity index (χ4n) is 2.01. The fourth-order valence-corrected chi connectivity index (χ4v) is 2.22. The Bertz CT molecular complexity index is 443. The molecule has 0 spiro atoms. The SMILES string of the molecule is CC.Cc1cc(Cl)ncc1C(=O)N1CC(F)[C@H](C)C1. The van der Waals surface area contributed by atoms with Crippen LogP contribution < -0.4 is 0 Å². The lowest BCUT2D eigenvalue weighted by Crippen LogP contribution is -2.29. The molecule has 1 aliphatic heterocycles. The van der Waals surface area contributed by atoms with E-state index < -0.39 is 6.17 Å². The van der Waals surface area contributed by atoms with Gasteiger partial charge in [-0.05, 0) is 18.6 Å². The molecule has 1 amide bonds. The van der Waals surface area contributed by atoms with Crippen molar-refractivity contribution in [3.63, 3.8) is 0 Å². The highest BCUT2D eigenvalue weighted by Gasteiger charge is 2.33. The largest absolute Gasteiger partial charge is 0.335 e. The van der Waals surface area contributed by atoms with Crippen molar-refractivity contribution in [3.8, 4) is 0 Å². The van der Waals surface area contributed by atoms with Crippen LogP contribution in [0.25, 0.3) is 0 Å². The van der Waals surface area contributed by atoms with Gasteiger partial charge in [-0.2, -0.15) is 0 Å². The molecule has 0 bridgehead atoms. The zero-order chi connectivity index (χ0) is 14.6. The molecule has 0 saturated carbocycles. The van der Waals surface area contributed by atoms with Crippen molar-refractivity contribution in [1.82, 2.24) is 9.88 Å². The molecule has 106 valence electrons. The quantitative estimate of drug-likeness (QED) is 0.740. The normalized spacial score (nSPS) is 21.9. The summed E-state index contributed by atoms with van der Waals surface area (Å²) in [5.41, 5.74) is 1.26. The lowest BCUT2D eigenvalue weighted by molar-refractivity contribution is 0.0780. The highest BCUT2D eigenvalue weighted by molar-refractivity contribution is 6.29. The molecule has 3 nitrogen and oxygen atoms in total. The monoisotopic (exact) mass is 286 g/mol. The van der Waals surface area contributed by atoms with E-state index in [0.29, 0.717) is 17.3 Å². The number of aromatic nitrogens is 1. The van der Waals surface area contributed by atoms with E-state index in [1.807, 2.05) is 20.8 Å². The Morgan fingerprint density at radius 3 is 2.58 bits per heavy atom. The zero-order valence-electron chi connectivity index (χ0n) is 11.8. The van der Waals surface area contributed by atoms with Crippen LogP contribution in [-0.2, 0) is 0 Å². The Labute approximate surface area is 118 Å². The number of halogens is 2. The highest BCUT2D eigenvalue weighted by Crippen LogP contribution is 2.22. The van der Waals surface area contributed by atoms with Crippen molar-refractivity contribution in [1.29, 1.82) is 0 Å². The summed E-state index contributed by atoms with van der Waals surface area (Å²) in [5, 5.41) is 0.359. The Morgan fingerprint density at radius 2 is 2.11 bits per heavy atom. The number of hydrogen-bond acceptors (Lipinski definition) is 2. The number of amides is 1. The second-order valence-corrected chi connectivity index (χ2v) is 4.91. The molecule has 2 rings (SSSR count). The molecule has 0 radical (unpaired) electrons. The van der Waals surface area contributed by atoms with Crippen molar-refractivity contribution in [2.45, 2.75) is 33.9 Å². The Morgan fingerprint density at radius 1 is 1.47 bits per heavy atom. The van der Waals surface area contributed by atoms with Crippen molar-refractivity contribution < 1.29 is 9.18 Å². The maximum absolute atomic E-state index is 13.4. The molecule has 0 aromatic carbocycles. The van der Waals surface area contributed by atoms with Gasteiger partial charge in [0.15, 0.2) is 0 Å². The third-order valence-electron chi connectivity index (χ3n) is 3.12. The van der Waals surface area contributed by atoms with E-state index in [0.717, 1.165) is 5.56 Å². The van der Waals surface area contributed by atoms with Crippen LogP contribution in [0.3, 0.4) is 0 Å². The first-order valence-corrected chi connectivity index (χ1v) is 6.92. The van der Waals surface area contributed by atoms with Crippen LogP contribution in [-0.4, -0.2) is 35.1 Å². The molecule has 0 N–H and O–H groups in total. The number of hydrogen-bond donors (Lipinski definition) is 0. The summed E-state index contributed by atoms with van der Waals surface area (Å²) in [6, 6.07) is 1.64. The summed E-state index contributed by atoms with van der Waals surface area (Å²) in [7, 11) is 0.